The molecule has 9 heteroatoms. The Morgan fingerprint density at radius 1 is 0.923 bits per heavy atom. The summed E-state index contributed by atoms with van der Waals surface area (Å²) < 4.78 is 7.59. The molecule has 0 aliphatic carbocycles. The van der Waals surface area contributed by atoms with E-state index in [1.165, 1.54) is 18.2 Å². The predicted octanol–water partition coefficient (Wildman–Crippen LogP) is 7.76. The molecule has 8 nitrogen and oxygen atoms in total. The van der Waals surface area contributed by atoms with Crippen LogP contribution in [0.25, 0.3) is 16.9 Å². The SMILES string of the molecule is Cc1cc(Oc2cc(NC(=O)c3c(-c4ccccc4)nn(-c4ccccc4)c3C)cc([N+](=O)[O-])c2)ccc1Cl. The number of nitrogens with one attached hydrogen (secondary N) is 1. The number of rotatable bonds is 7. The van der Waals surface area contributed by atoms with Crippen molar-refractivity contribution in [2.75, 3.05) is 5.32 Å². The molecule has 1 aromatic heterocycles. The fourth-order valence-electron chi connectivity index (χ4n) is 4.22. The number of nitro groups is 1. The van der Waals surface area contributed by atoms with Crippen molar-refractivity contribution in [1.82, 2.24) is 9.78 Å². The van der Waals surface area contributed by atoms with E-state index in [2.05, 4.69) is 5.32 Å². The summed E-state index contributed by atoms with van der Waals surface area (Å²) in [7, 11) is 0. The molecule has 194 valence electrons. The number of carbonyl (C=O) groups excluding carboxylic acids is 1. The predicted molar refractivity (Wildman–Crippen MR) is 151 cm³/mol. The molecule has 5 aromatic rings. The van der Waals surface area contributed by atoms with Crippen LogP contribution >= 0.6 is 11.6 Å². The topological polar surface area (TPSA) is 99.3 Å². The third-order valence-electron chi connectivity index (χ3n) is 6.12. The number of aryl methyl sites for hydroxylation is 1. The zero-order chi connectivity index (χ0) is 27.5. The highest BCUT2D eigenvalue weighted by Crippen LogP contribution is 2.33. The van der Waals surface area contributed by atoms with Crippen LogP contribution in [0.15, 0.2) is 97.1 Å². The second-order valence-corrected chi connectivity index (χ2v) is 9.27. The van der Waals surface area contributed by atoms with Crippen LogP contribution in [0.2, 0.25) is 5.02 Å². The molecule has 4 aromatic carbocycles. The number of nitrogens with zero attached hydrogens (tertiary/aromatic N) is 3. The van der Waals surface area contributed by atoms with E-state index >= 15 is 0 Å². The smallest absolute Gasteiger partial charge is 0.275 e. The number of hydrogen-bond acceptors (Lipinski definition) is 5. The van der Waals surface area contributed by atoms with Crippen LogP contribution in [0, 0.1) is 24.0 Å². The summed E-state index contributed by atoms with van der Waals surface area (Å²) in [6.45, 7) is 3.64. The van der Waals surface area contributed by atoms with E-state index in [1.807, 2.05) is 74.5 Å². The highest BCUT2D eigenvalue weighted by molar-refractivity contribution is 6.31. The van der Waals surface area contributed by atoms with Crippen molar-refractivity contribution < 1.29 is 14.5 Å². The van der Waals surface area contributed by atoms with Crippen molar-refractivity contribution in [2.45, 2.75) is 13.8 Å². The summed E-state index contributed by atoms with van der Waals surface area (Å²) in [5, 5.41) is 19.8. The number of para-hydroxylation sites is 1. The Kier molecular flexibility index (Phi) is 7.12. The van der Waals surface area contributed by atoms with Crippen LogP contribution in [-0.4, -0.2) is 20.6 Å². The molecule has 0 saturated carbocycles. The fraction of sp³-hybridized carbons (Fsp3) is 0.0667. The van der Waals surface area contributed by atoms with E-state index in [0.717, 1.165) is 16.8 Å². The number of hydrogen-bond donors (Lipinski definition) is 1. The number of anilines is 1. The number of aromatic nitrogens is 2. The highest BCUT2D eigenvalue weighted by Gasteiger charge is 2.24. The zero-order valence-electron chi connectivity index (χ0n) is 21.1. The minimum absolute atomic E-state index is 0.196. The van der Waals surface area contributed by atoms with Crippen molar-refractivity contribution >= 4 is 28.9 Å². The van der Waals surface area contributed by atoms with Crippen molar-refractivity contribution in [3.05, 3.63) is 129 Å². The van der Waals surface area contributed by atoms with Gasteiger partial charge in [0.15, 0.2) is 0 Å². The van der Waals surface area contributed by atoms with Crippen molar-refractivity contribution in [2.24, 2.45) is 0 Å². The molecular weight excluding hydrogens is 516 g/mol. The number of ether oxygens (including phenoxy) is 1. The Bertz CT molecular complexity index is 1680. The van der Waals surface area contributed by atoms with Crippen molar-refractivity contribution in [1.29, 1.82) is 0 Å². The van der Waals surface area contributed by atoms with Crippen LogP contribution in [0.5, 0.6) is 11.5 Å². The lowest BCUT2D eigenvalue weighted by Crippen LogP contribution is -2.14. The molecule has 1 N–H and O–H groups in total. The molecule has 0 radical (unpaired) electrons. The number of benzene rings is 4. The van der Waals surface area contributed by atoms with Gasteiger partial charge in [0.1, 0.15) is 17.2 Å². The fourth-order valence-corrected chi connectivity index (χ4v) is 4.34. The van der Waals surface area contributed by atoms with Gasteiger partial charge in [-0.3, -0.25) is 14.9 Å². The first-order valence-electron chi connectivity index (χ1n) is 12.1. The third-order valence-corrected chi connectivity index (χ3v) is 6.54. The summed E-state index contributed by atoms with van der Waals surface area (Å²) in [4.78, 5) is 24.9. The highest BCUT2D eigenvalue weighted by atomic mass is 35.5. The molecule has 0 aliphatic rings. The molecule has 0 unspecified atom stereocenters. The molecule has 0 spiro atoms. The maximum atomic E-state index is 13.7. The van der Waals surface area contributed by atoms with Crippen molar-refractivity contribution in [3.63, 3.8) is 0 Å². The van der Waals surface area contributed by atoms with Crippen molar-refractivity contribution in [3.8, 4) is 28.4 Å². The van der Waals surface area contributed by atoms with Gasteiger partial charge in [0, 0.05) is 22.7 Å². The third kappa shape index (κ3) is 5.51. The largest absolute Gasteiger partial charge is 0.457 e. The number of amides is 1. The Morgan fingerprint density at radius 2 is 1.62 bits per heavy atom. The van der Waals surface area contributed by atoms with Gasteiger partial charge < -0.3 is 10.1 Å². The molecule has 5 rings (SSSR count). The summed E-state index contributed by atoms with van der Waals surface area (Å²) in [5.74, 6) is 0.199. The maximum absolute atomic E-state index is 13.7. The molecule has 0 saturated heterocycles. The van der Waals surface area contributed by atoms with Gasteiger partial charge in [-0.1, -0.05) is 60.1 Å². The Labute approximate surface area is 229 Å². The molecule has 1 heterocycles. The molecule has 1 amide bonds. The minimum atomic E-state index is -0.538. The lowest BCUT2D eigenvalue weighted by atomic mass is 10.1. The molecular formula is C30H23ClN4O4. The normalized spacial score (nSPS) is 10.7. The lowest BCUT2D eigenvalue weighted by molar-refractivity contribution is -0.384. The van der Waals surface area contributed by atoms with Gasteiger partial charge in [-0.15, -0.1) is 0 Å². The molecule has 39 heavy (non-hydrogen) atoms. The van der Waals surface area contributed by atoms with Gasteiger partial charge in [-0.25, -0.2) is 4.68 Å². The number of carbonyl (C=O) groups is 1. The Hall–Kier alpha value is -4.95. The minimum Gasteiger partial charge on any atom is -0.457 e. The van der Waals surface area contributed by atoms with Crippen LogP contribution in [0.4, 0.5) is 11.4 Å². The van der Waals surface area contributed by atoms with Gasteiger partial charge in [0.2, 0.25) is 0 Å². The van der Waals surface area contributed by atoms with Crippen LogP contribution in [-0.2, 0) is 0 Å². The zero-order valence-corrected chi connectivity index (χ0v) is 21.8. The van der Waals surface area contributed by atoms with E-state index in [-0.39, 0.29) is 17.1 Å². The molecule has 0 aliphatic heterocycles. The van der Waals surface area contributed by atoms with E-state index in [0.29, 0.717) is 27.7 Å². The second-order valence-electron chi connectivity index (χ2n) is 8.86. The van der Waals surface area contributed by atoms with Gasteiger partial charge in [0.05, 0.1) is 33.6 Å². The molecule has 0 fully saturated rings. The van der Waals surface area contributed by atoms with Crippen LogP contribution in [0.3, 0.4) is 0 Å². The quantitative estimate of drug-likeness (QED) is 0.168. The maximum Gasteiger partial charge on any atom is 0.275 e. The van der Waals surface area contributed by atoms with Crippen LogP contribution < -0.4 is 10.1 Å². The summed E-state index contributed by atoms with van der Waals surface area (Å²) >= 11 is 6.10. The monoisotopic (exact) mass is 538 g/mol. The first-order valence-corrected chi connectivity index (χ1v) is 12.4. The summed E-state index contributed by atoms with van der Waals surface area (Å²) in [6.07, 6.45) is 0. The summed E-state index contributed by atoms with van der Waals surface area (Å²) in [5.41, 5.74) is 3.82. The number of halogens is 1. The van der Waals surface area contributed by atoms with E-state index < -0.39 is 10.8 Å². The average molecular weight is 539 g/mol. The number of non-ortho nitro benzene ring substituents is 1. The number of nitro benzene ring substituents is 1. The second kappa shape index (κ2) is 10.8. The van der Waals surface area contributed by atoms with E-state index in [9.17, 15) is 14.9 Å². The Balaban J connectivity index is 1.54. The van der Waals surface area contributed by atoms with E-state index in [1.54, 1.807) is 22.9 Å². The average Bonchev–Trinajstić information content (AvgIpc) is 3.28. The summed E-state index contributed by atoms with van der Waals surface area (Å²) in [6, 6.07) is 28.1. The van der Waals surface area contributed by atoms with Crippen LogP contribution in [0.1, 0.15) is 21.6 Å². The molecule has 0 bridgehead atoms. The van der Waals surface area contributed by atoms with Gasteiger partial charge in [-0.2, -0.15) is 5.10 Å². The first kappa shape index (κ1) is 25.7. The van der Waals surface area contributed by atoms with Gasteiger partial charge >= 0.3 is 0 Å². The lowest BCUT2D eigenvalue weighted by Gasteiger charge is -2.11. The molecule has 0 atom stereocenters. The van der Waals surface area contributed by atoms with Gasteiger partial charge in [0.25, 0.3) is 11.6 Å². The first-order chi connectivity index (χ1) is 18.8. The standard InChI is InChI=1S/C30H23ClN4O4/c1-19-15-25(13-14-27(19)31)39-26-17-22(16-24(18-26)35(37)38)32-30(36)28-20(2)34(23-11-7-4-8-12-23)33-29(28)21-9-5-3-6-10-21/h3-18H,1-2H3,(H,32,36). The van der Waals surface area contributed by atoms with E-state index in [4.69, 9.17) is 21.4 Å². The van der Waals surface area contributed by atoms with Gasteiger partial charge in [-0.05, 0) is 49.7 Å². The Morgan fingerprint density at radius 3 is 2.28 bits per heavy atom.